The highest BCUT2D eigenvalue weighted by Crippen LogP contribution is 2.34. The molecule has 1 aliphatic rings. The molecule has 0 fully saturated rings. The predicted octanol–water partition coefficient (Wildman–Crippen LogP) is 3.90. The summed E-state index contributed by atoms with van der Waals surface area (Å²) in [5.41, 5.74) is 4.63. The smallest absolute Gasteiger partial charge is 0.313 e. The topological polar surface area (TPSA) is 74.3 Å². The van der Waals surface area contributed by atoms with Crippen LogP contribution >= 0.6 is 11.6 Å². The lowest BCUT2D eigenvalue weighted by Gasteiger charge is -2.30. The summed E-state index contributed by atoms with van der Waals surface area (Å²) in [6, 6.07) is 17.2. The fraction of sp³-hybridized carbons (Fsp3) is 0.208. The molecular formula is C24H23ClN4O2. The molecule has 0 spiro atoms. The van der Waals surface area contributed by atoms with E-state index in [1.165, 1.54) is 5.56 Å². The number of para-hydroxylation sites is 1. The lowest BCUT2D eigenvalue weighted by atomic mass is 10.1. The van der Waals surface area contributed by atoms with Gasteiger partial charge in [-0.15, -0.1) is 0 Å². The molecule has 0 bridgehead atoms. The average molecular weight is 435 g/mol. The molecule has 0 saturated heterocycles. The van der Waals surface area contributed by atoms with E-state index in [-0.39, 0.29) is 12.6 Å². The van der Waals surface area contributed by atoms with Gasteiger partial charge in [-0.05, 0) is 54.3 Å². The van der Waals surface area contributed by atoms with Crippen LogP contribution in [0.3, 0.4) is 0 Å². The minimum Gasteiger partial charge on any atom is -0.362 e. The van der Waals surface area contributed by atoms with E-state index in [9.17, 15) is 9.59 Å². The van der Waals surface area contributed by atoms with E-state index in [1.807, 2.05) is 24.3 Å². The van der Waals surface area contributed by atoms with Crippen molar-refractivity contribution in [2.45, 2.75) is 19.4 Å². The summed E-state index contributed by atoms with van der Waals surface area (Å²) in [5.74, 6) is -1.42. The lowest BCUT2D eigenvalue weighted by Crippen LogP contribution is -2.42. The van der Waals surface area contributed by atoms with Crippen molar-refractivity contribution < 1.29 is 9.59 Å². The number of amides is 2. The van der Waals surface area contributed by atoms with E-state index in [0.717, 1.165) is 24.2 Å². The molecule has 0 aliphatic carbocycles. The van der Waals surface area contributed by atoms with Gasteiger partial charge in [0, 0.05) is 41.9 Å². The monoisotopic (exact) mass is 434 g/mol. The van der Waals surface area contributed by atoms with Gasteiger partial charge < -0.3 is 15.5 Å². The van der Waals surface area contributed by atoms with Crippen molar-refractivity contribution in [3.63, 3.8) is 0 Å². The van der Waals surface area contributed by atoms with E-state index in [1.54, 1.807) is 37.5 Å². The predicted molar refractivity (Wildman–Crippen MR) is 122 cm³/mol. The zero-order valence-electron chi connectivity index (χ0n) is 17.1. The molecule has 2 heterocycles. The number of nitrogens with zero attached hydrogens (tertiary/aromatic N) is 2. The van der Waals surface area contributed by atoms with Gasteiger partial charge in [0.1, 0.15) is 0 Å². The van der Waals surface area contributed by atoms with Gasteiger partial charge in [0.05, 0.1) is 6.04 Å². The molecule has 2 aromatic carbocycles. The van der Waals surface area contributed by atoms with Crippen molar-refractivity contribution in [3.05, 3.63) is 88.7 Å². The summed E-state index contributed by atoms with van der Waals surface area (Å²) in [6.07, 6.45) is 4.46. The molecule has 0 radical (unpaired) electrons. The Labute approximate surface area is 186 Å². The van der Waals surface area contributed by atoms with E-state index in [0.29, 0.717) is 16.3 Å². The first-order valence-corrected chi connectivity index (χ1v) is 10.5. The van der Waals surface area contributed by atoms with Crippen LogP contribution in [0.25, 0.3) is 0 Å². The maximum atomic E-state index is 12.5. The molecule has 1 atom stereocenters. The Bertz CT molecular complexity index is 1100. The molecule has 3 aromatic rings. The van der Waals surface area contributed by atoms with Crippen LogP contribution in [-0.4, -0.2) is 29.9 Å². The normalized spacial score (nSPS) is 13.4. The van der Waals surface area contributed by atoms with Crippen LogP contribution in [0.15, 0.2) is 67.0 Å². The second kappa shape index (κ2) is 9.18. The SMILES string of the molecule is Cc1c(Cl)cccc1NC(=O)C(=O)NC[C@H](c1cccnc1)N1CCc2ccccc21. The fourth-order valence-electron chi connectivity index (χ4n) is 3.86. The van der Waals surface area contributed by atoms with Crippen LogP contribution in [0.5, 0.6) is 0 Å². The molecule has 6 nitrogen and oxygen atoms in total. The number of pyridine rings is 1. The van der Waals surface area contributed by atoms with Gasteiger partial charge in [-0.25, -0.2) is 0 Å². The molecule has 31 heavy (non-hydrogen) atoms. The van der Waals surface area contributed by atoms with Crippen LogP contribution in [-0.2, 0) is 16.0 Å². The zero-order valence-corrected chi connectivity index (χ0v) is 17.9. The van der Waals surface area contributed by atoms with Crippen molar-refractivity contribution >= 4 is 34.8 Å². The third kappa shape index (κ3) is 4.54. The molecule has 2 N–H and O–H groups in total. The van der Waals surface area contributed by atoms with E-state index in [2.05, 4.69) is 32.7 Å². The Morgan fingerprint density at radius 3 is 2.74 bits per heavy atom. The molecule has 158 valence electrons. The summed E-state index contributed by atoms with van der Waals surface area (Å²) in [5, 5.41) is 5.96. The third-order valence-electron chi connectivity index (χ3n) is 5.55. The number of nitrogens with one attached hydrogen (secondary N) is 2. The number of halogens is 1. The number of hydrogen-bond acceptors (Lipinski definition) is 4. The second-order valence-corrected chi connectivity index (χ2v) is 7.86. The summed E-state index contributed by atoms with van der Waals surface area (Å²) >= 11 is 6.10. The van der Waals surface area contributed by atoms with Crippen LogP contribution in [0.2, 0.25) is 5.02 Å². The fourth-order valence-corrected chi connectivity index (χ4v) is 4.03. The number of carbonyl (C=O) groups excluding carboxylic acids is 2. The highest BCUT2D eigenvalue weighted by atomic mass is 35.5. The summed E-state index contributed by atoms with van der Waals surface area (Å²) in [7, 11) is 0. The van der Waals surface area contributed by atoms with E-state index < -0.39 is 11.8 Å². The van der Waals surface area contributed by atoms with Crippen LogP contribution in [0, 0.1) is 6.92 Å². The standard InChI is InChI=1S/C24H23ClN4O2/c1-16-19(25)8-4-9-20(16)28-24(31)23(30)27-15-22(18-7-5-12-26-14-18)29-13-11-17-6-2-3-10-21(17)29/h2-10,12,14,22H,11,13,15H2,1H3,(H,27,30)(H,28,31)/t22-/m1/s1. The van der Waals surface area contributed by atoms with Gasteiger partial charge >= 0.3 is 11.8 Å². The Hall–Kier alpha value is -3.38. The van der Waals surface area contributed by atoms with Crippen molar-refractivity contribution in [1.82, 2.24) is 10.3 Å². The van der Waals surface area contributed by atoms with Gasteiger partial charge in [0.2, 0.25) is 0 Å². The molecule has 7 heteroatoms. The third-order valence-corrected chi connectivity index (χ3v) is 5.96. The Kier molecular flexibility index (Phi) is 6.18. The summed E-state index contributed by atoms with van der Waals surface area (Å²) < 4.78 is 0. The van der Waals surface area contributed by atoms with Gasteiger partial charge in [0.25, 0.3) is 0 Å². The molecule has 4 rings (SSSR count). The Balaban J connectivity index is 1.48. The highest BCUT2D eigenvalue weighted by Gasteiger charge is 2.28. The van der Waals surface area contributed by atoms with Crippen LogP contribution in [0.4, 0.5) is 11.4 Å². The molecule has 2 amide bonds. The maximum absolute atomic E-state index is 12.5. The quantitative estimate of drug-likeness (QED) is 0.597. The van der Waals surface area contributed by atoms with Crippen LogP contribution in [0.1, 0.15) is 22.7 Å². The average Bonchev–Trinajstić information content (AvgIpc) is 3.21. The first kappa shape index (κ1) is 20.9. The van der Waals surface area contributed by atoms with Gasteiger partial charge in [-0.1, -0.05) is 41.9 Å². The van der Waals surface area contributed by atoms with E-state index in [4.69, 9.17) is 11.6 Å². The number of rotatable bonds is 5. The van der Waals surface area contributed by atoms with Gasteiger partial charge in [-0.3, -0.25) is 14.6 Å². The second-order valence-electron chi connectivity index (χ2n) is 7.45. The number of fused-ring (bicyclic) bond motifs is 1. The molecule has 1 aromatic heterocycles. The minimum atomic E-state index is -0.725. The number of carbonyl (C=O) groups is 2. The number of hydrogen-bond donors (Lipinski definition) is 2. The highest BCUT2D eigenvalue weighted by molar-refractivity contribution is 6.40. The number of anilines is 2. The lowest BCUT2D eigenvalue weighted by molar-refractivity contribution is -0.136. The first-order chi connectivity index (χ1) is 15.0. The van der Waals surface area contributed by atoms with Crippen molar-refractivity contribution in [1.29, 1.82) is 0 Å². The van der Waals surface area contributed by atoms with Crippen molar-refractivity contribution in [2.24, 2.45) is 0 Å². The van der Waals surface area contributed by atoms with Crippen molar-refractivity contribution in [3.8, 4) is 0 Å². The van der Waals surface area contributed by atoms with Crippen molar-refractivity contribution in [2.75, 3.05) is 23.3 Å². The molecular weight excluding hydrogens is 412 g/mol. The minimum absolute atomic E-state index is 0.137. The largest absolute Gasteiger partial charge is 0.362 e. The van der Waals surface area contributed by atoms with Gasteiger partial charge in [-0.2, -0.15) is 0 Å². The maximum Gasteiger partial charge on any atom is 0.313 e. The Morgan fingerprint density at radius 2 is 1.94 bits per heavy atom. The molecule has 1 aliphatic heterocycles. The Morgan fingerprint density at radius 1 is 1.10 bits per heavy atom. The van der Waals surface area contributed by atoms with E-state index >= 15 is 0 Å². The molecule has 0 saturated carbocycles. The zero-order chi connectivity index (χ0) is 21.8. The molecule has 0 unspecified atom stereocenters. The first-order valence-electron chi connectivity index (χ1n) is 10.1. The number of aromatic nitrogens is 1. The number of benzene rings is 2. The summed E-state index contributed by atoms with van der Waals surface area (Å²) in [4.78, 5) is 31.5. The van der Waals surface area contributed by atoms with Crippen LogP contribution < -0.4 is 15.5 Å². The van der Waals surface area contributed by atoms with Gasteiger partial charge in [0.15, 0.2) is 0 Å². The summed E-state index contributed by atoms with van der Waals surface area (Å²) in [6.45, 7) is 2.91.